The Morgan fingerprint density at radius 2 is 0.759 bits per heavy atom. The number of methoxy groups -OCH3 is 1. The van der Waals surface area contributed by atoms with Gasteiger partial charge in [-0.1, -0.05) is 6.92 Å². The number of carbonyl (C=O) groups excluding carboxylic acids is 5. The van der Waals surface area contributed by atoms with E-state index in [1.807, 2.05) is 12.1 Å². The van der Waals surface area contributed by atoms with Crippen molar-refractivity contribution >= 4 is 41.5 Å². The number of nitrogens with one attached hydrogen (secondary N) is 3. The van der Waals surface area contributed by atoms with Crippen molar-refractivity contribution in [2.75, 3.05) is 98.7 Å². The Morgan fingerprint density at radius 3 is 1.03 bits per heavy atom. The summed E-state index contributed by atoms with van der Waals surface area (Å²) in [5.74, 6) is -0.864. The van der Waals surface area contributed by atoms with E-state index in [-0.39, 0.29) is 71.7 Å². The van der Waals surface area contributed by atoms with Crippen LogP contribution in [0.5, 0.6) is 0 Å². The van der Waals surface area contributed by atoms with Gasteiger partial charge in [0.2, 0.25) is 23.6 Å². The molecule has 0 aliphatic carbocycles. The standard InChI is InChI=1S/C15H23N3O.C12H24N2O.C11H20N2O3.C10H19NO2.C9H18N2O.C9H17NO2/c1-12(2)18-9-5-14(6-10-18)15(19)17-11-13-3-7-16-8-4-13;1-4-7-13-12(15)11-5-8-14(9-6-11)10(2)3;1-8(2)13-5-3-9(4-6-13)11(16)12-7-10(14)15;1-8(2)11-6-4-9(5-7-11)10(12)13-3;1-7(2)11-5-3-8(4-6-11)9(10)12;1-7(2)10-5-3-8(4-6-10)9(11)12/h3-4,7-8,12,14H,5-6,9-11H2,1-2H3,(H,17,19);10-11H,4-9H2,1-3H3,(H,13,15);8-9H,3-7H2,1-2H3,(H,12,16)(H,14,15);8-9H,4-7H2,1-3H3;7-8H,3-6H2,1-2H3,(H2,10,12);7-8H,3-6H2,1-2H3,(H,11,12). The fourth-order valence-corrected chi connectivity index (χ4v) is 11.7. The summed E-state index contributed by atoms with van der Waals surface area (Å²) in [6.07, 6.45) is 15.6. The molecule has 500 valence electrons. The minimum Gasteiger partial charge on any atom is -0.481 e. The van der Waals surface area contributed by atoms with Gasteiger partial charge in [0, 0.05) is 85.4 Å². The number of nitrogens with two attached hydrogens (primary N) is 1. The van der Waals surface area contributed by atoms with E-state index in [2.05, 4.69) is 140 Å². The first kappa shape index (κ1) is 78.3. The van der Waals surface area contributed by atoms with E-state index in [0.29, 0.717) is 42.8 Å². The summed E-state index contributed by atoms with van der Waals surface area (Å²) in [6, 6.07) is 7.33. The Bertz CT molecular complexity index is 2050. The van der Waals surface area contributed by atoms with Gasteiger partial charge < -0.3 is 66.0 Å². The molecule has 1 aromatic heterocycles. The normalized spacial score (nSPS) is 19.7. The molecule has 1 aromatic rings. The molecule has 0 atom stereocenters. The highest BCUT2D eigenvalue weighted by Gasteiger charge is 2.30. The highest BCUT2D eigenvalue weighted by atomic mass is 16.5. The highest BCUT2D eigenvalue weighted by molar-refractivity contribution is 5.83. The number of carboxylic acids is 2. The highest BCUT2D eigenvalue weighted by Crippen LogP contribution is 2.24. The molecule has 0 bridgehead atoms. The molecule has 87 heavy (non-hydrogen) atoms. The number of aliphatic carboxylic acids is 2. The zero-order chi connectivity index (χ0) is 65.2. The van der Waals surface area contributed by atoms with Gasteiger partial charge >= 0.3 is 17.9 Å². The number of hydrogen-bond acceptors (Lipinski definition) is 15. The Hall–Kier alpha value is -4.80. The minimum absolute atomic E-state index is 0.0191. The largest absolute Gasteiger partial charge is 0.481 e. The Labute approximate surface area is 524 Å². The third-order valence-corrected chi connectivity index (χ3v) is 18.1. The van der Waals surface area contributed by atoms with Gasteiger partial charge in [0.1, 0.15) is 6.54 Å². The molecule has 6 aliphatic heterocycles. The summed E-state index contributed by atoms with van der Waals surface area (Å²) < 4.78 is 4.73. The number of rotatable bonds is 18. The molecule has 4 amide bonds. The van der Waals surface area contributed by atoms with Crippen LogP contribution in [0.15, 0.2) is 24.5 Å². The van der Waals surface area contributed by atoms with Gasteiger partial charge in [-0.05, 0) is 263 Å². The van der Waals surface area contributed by atoms with Crippen molar-refractivity contribution in [2.24, 2.45) is 41.2 Å². The maximum absolute atomic E-state index is 12.1. The SMILES string of the molecule is CC(C)N1CCC(C(=O)NCC(=O)O)CC1.CC(C)N1CCC(C(=O)NCc2ccncc2)CC1.CC(C)N1CCC(C(=O)O)CC1.CC(C)N1CCC(C(N)=O)CC1.CCCNC(=O)C1CCN(C(C)C)CC1.COC(=O)C1CCN(C(C)C)CC1. The zero-order valence-electron chi connectivity index (χ0n) is 56.4. The monoisotopic (exact) mass is 1230 g/mol. The Morgan fingerprint density at radius 1 is 0.471 bits per heavy atom. The van der Waals surface area contributed by atoms with Crippen molar-refractivity contribution in [1.29, 1.82) is 0 Å². The summed E-state index contributed by atoms with van der Waals surface area (Å²) >= 11 is 0. The van der Waals surface area contributed by atoms with Crippen LogP contribution in [-0.2, 0) is 44.8 Å². The van der Waals surface area contributed by atoms with Crippen molar-refractivity contribution in [1.82, 2.24) is 50.3 Å². The van der Waals surface area contributed by atoms with Gasteiger partial charge in [-0.2, -0.15) is 0 Å². The average molecular weight is 1230 g/mol. The molecule has 0 saturated carbocycles. The lowest BCUT2D eigenvalue weighted by atomic mass is 9.95. The number of nitrogens with zero attached hydrogens (tertiary/aromatic N) is 7. The van der Waals surface area contributed by atoms with Crippen molar-refractivity contribution < 1.29 is 48.5 Å². The van der Waals surface area contributed by atoms with Gasteiger partial charge in [-0.25, -0.2) is 0 Å². The molecule has 6 saturated heterocycles. The molecule has 21 heteroatoms. The number of likely N-dealkylation sites (tertiary alicyclic amines) is 6. The molecule has 7 N–H and O–H groups in total. The minimum atomic E-state index is -0.993. The third-order valence-electron chi connectivity index (χ3n) is 18.1. The summed E-state index contributed by atoms with van der Waals surface area (Å²) in [7, 11) is 1.47. The third kappa shape index (κ3) is 31.5. The molecule has 0 spiro atoms. The quantitative estimate of drug-likeness (QED) is 0.0824. The predicted molar refractivity (Wildman–Crippen MR) is 345 cm³/mol. The summed E-state index contributed by atoms with van der Waals surface area (Å²) in [6.45, 7) is 41.5. The van der Waals surface area contributed by atoms with Crippen molar-refractivity contribution in [3.05, 3.63) is 30.1 Å². The molecule has 7 heterocycles. The van der Waals surface area contributed by atoms with Crippen LogP contribution in [0.1, 0.15) is 179 Å². The van der Waals surface area contributed by atoms with Gasteiger partial charge in [0.25, 0.3) is 0 Å². The second-order valence-electron chi connectivity index (χ2n) is 26.2. The van der Waals surface area contributed by atoms with Crippen LogP contribution < -0.4 is 21.7 Å². The van der Waals surface area contributed by atoms with E-state index in [4.69, 9.17) is 20.7 Å². The maximum atomic E-state index is 12.1. The second kappa shape index (κ2) is 43.0. The lowest BCUT2D eigenvalue weighted by molar-refractivity contribution is -0.147. The van der Waals surface area contributed by atoms with E-state index in [1.165, 1.54) is 7.11 Å². The maximum Gasteiger partial charge on any atom is 0.322 e. The molecular formula is C66H121N11O10. The van der Waals surface area contributed by atoms with Gasteiger partial charge in [-0.3, -0.25) is 38.5 Å². The van der Waals surface area contributed by atoms with E-state index < -0.39 is 11.9 Å². The van der Waals surface area contributed by atoms with Gasteiger partial charge in [0.15, 0.2) is 0 Å². The Kier molecular flexibility index (Phi) is 38.7. The predicted octanol–water partition coefficient (Wildman–Crippen LogP) is 6.82. The second-order valence-corrected chi connectivity index (χ2v) is 26.2. The van der Waals surface area contributed by atoms with E-state index in [0.717, 1.165) is 174 Å². The van der Waals surface area contributed by atoms with Crippen molar-refractivity contribution in [3.63, 3.8) is 0 Å². The first-order valence-corrected chi connectivity index (χ1v) is 33.2. The van der Waals surface area contributed by atoms with Crippen LogP contribution in [-0.4, -0.2) is 221 Å². The number of aromatic nitrogens is 1. The zero-order valence-corrected chi connectivity index (χ0v) is 56.4. The fourth-order valence-electron chi connectivity index (χ4n) is 11.7. The topological polar surface area (TPSA) is 264 Å². The lowest BCUT2D eigenvalue weighted by Crippen LogP contribution is -2.43. The number of hydrogen-bond donors (Lipinski definition) is 6. The molecule has 21 nitrogen and oxygen atoms in total. The van der Waals surface area contributed by atoms with Crippen LogP contribution in [0, 0.1) is 35.5 Å². The van der Waals surface area contributed by atoms with Crippen LogP contribution in [0.4, 0.5) is 0 Å². The molecular weight excluding hydrogens is 1110 g/mol. The van der Waals surface area contributed by atoms with Crippen molar-refractivity contribution in [3.8, 4) is 0 Å². The summed E-state index contributed by atoms with van der Waals surface area (Å²) in [5.41, 5.74) is 6.33. The average Bonchev–Trinajstić information content (AvgIpc) is 3.60. The van der Waals surface area contributed by atoms with E-state index >= 15 is 0 Å². The number of ether oxygens (including phenoxy) is 1. The molecule has 6 aliphatic rings. The molecule has 6 fully saturated rings. The van der Waals surface area contributed by atoms with E-state index in [1.54, 1.807) is 12.4 Å². The number of amides is 4. The lowest BCUT2D eigenvalue weighted by Gasteiger charge is -2.33. The first-order chi connectivity index (χ1) is 41.2. The van der Waals surface area contributed by atoms with E-state index in [9.17, 15) is 33.6 Å². The van der Waals surface area contributed by atoms with Crippen molar-refractivity contribution in [2.45, 2.75) is 216 Å². The number of carboxylic acid groups (broad SMARTS) is 2. The van der Waals surface area contributed by atoms with Crippen LogP contribution in [0.25, 0.3) is 0 Å². The van der Waals surface area contributed by atoms with Crippen LogP contribution in [0.3, 0.4) is 0 Å². The smallest absolute Gasteiger partial charge is 0.322 e. The molecule has 0 aromatic carbocycles. The molecule has 7 rings (SSSR count). The van der Waals surface area contributed by atoms with Crippen LogP contribution in [0.2, 0.25) is 0 Å². The Balaban J connectivity index is 0.000000359. The van der Waals surface area contributed by atoms with Gasteiger partial charge in [0.05, 0.1) is 18.9 Å². The molecule has 0 unspecified atom stereocenters. The first-order valence-electron chi connectivity index (χ1n) is 33.2. The number of carbonyl (C=O) groups is 7. The van der Waals surface area contributed by atoms with Crippen LogP contribution >= 0.6 is 0 Å². The summed E-state index contributed by atoms with van der Waals surface area (Å²) in [5, 5.41) is 25.7. The summed E-state index contributed by atoms with van der Waals surface area (Å²) in [4.78, 5) is 96.7. The number of esters is 1. The number of piperidine rings is 6. The molecule has 0 radical (unpaired) electrons. The fraction of sp³-hybridized carbons (Fsp3) is 0.818. The van der Waals surface area contributed by atoms with Gasteiger partial charge in [-0.15, -0.1) is 0 Å². The number of pyridine rings is 1. The number of primary amides is 1.